The highest BCUT2D eigenvalue weighted by Crippen LogP contribution is 2.17. The van der Waals surface area contributed by atoms with Gasteiger partial charge in [0, 0.05) is 50.7 Å². The number of benzene rings is 1. The Kier molecular flexibility index (Phi) is 6.75. The van der Waals surface area contributed by atoms with Crippen LogP contribution in [0, 0.1) is 13.8 Å². The molecule has 1 aromatic carbocycles. The van der Waals surface area contributed by atoms with Crippen molar-refractivity contribution in [1.82, 2.24) is 14.4 Å². The number of carbonyl (C=O) groups excluding carboxylic acids is 2. The Morgan fingerprint density at radius 2 is 1.72 bits per heavy atom. The predicted octanol–water partition coefficient (Wildman–Crippen LogP) is 3.01. The smallest absolute Gasteiger partial charge is 0.340 e. The minimum Gasteiger partial charge on any atom is -0.449 e. The van der Waals surface area contributed by atoms with Crippen LogP contribution in [-0.4, -0.2) is 58.5 Å². The maximum Gasteiger partial charge on any atom is 0.340 e. The van der Waals surface area contributed by atoms with Crippen molar-refractivity contribution in [3.05, 3.63) is 58.9 Å². The molecule has 1 atom stereocenters. The van der Waals surface area contributed by atoms with E-state index in [9.17, 15) is 9.59 Å². The van der Waals surface area contributed by atoms with Crippen molar-refractivity contribution in [3.8, 4) is 0 Å². The van der Waals surface area contributed by atoms with E-state index in [0.29, 0.717) is 18.7 Å². The van der Waals surface area contributed by atoms with E-state index in [-0.39, 0.29) is 5.91 Å². The summed E-state index contributed by atoms with van der Waals surface area (Å²) >= 11 is 0. The van der Waals surface area contributed by atoms with E-state index < -0.39 is 12.1 Å². The highest BCUT2D eigenvalue weighted by molar-refractivity contribution is 5.93. The van der Waals surface area contributed by atoms with Crippen LogP contribution in [0.1, 0.15) is 41.2 Å². The molecule has 2 aromatic rings. The Hall–Kier alpha value is -2.60. The third-order valence-electron chi connectivity index (χ3n) is 5.67. The fourth-order valence-corrected chi connectivity index (χ4v) is 3.99. The van der Waals surface area contributed by atoms with Gasteiger partial charge in [0.05, 0.1) is 5.56 Å². The Morgan fingerprint density at radius 3 is 2.31 bits per heavy atom. The molecule has 1 fully saturated rings. The van der Waals surface area contributed by atoms with E-state index in [4.69, 9.17) is 4.74 Å². The number of esters is 1. The van der Waals surface area contributed by atoms with Crippen molar-refractivity contribution in [3.63, 3.8) is 0 Å². The summed E-state index contributed by atoms with van der Waals surface area (Å²) in [5, 5.41) is 0. The molecule has 1 unspecified atom stereocenters. The van der Waals surface area contributed by atoms with Crippen molar-refractivity contribution >= 4 is 11.9 Å². The third kappa shape index (κ3) is 4.88. The molecule has 0 saturated carbocycles. The monoisotopic (exact) mass is 397 g/mol. The van der Waals surface area contributed by atoms with Gasteiger partial charge in [-0.25, -0.2) is 4.79 Å². The lowest BCUT2D eigenvalue weighted by Gasteiger charge is -2.35. The first-order chi connectivity index (χ1) is 13.9. The standard InChI is InChI=1S/C23H31N3O3/c1-5-26-17(2)15-21(18(26)3)23(28)29-19(4)22(27)25-13-11-24(12-14-25)16-20-9-7-6-8-10-20/h6-10,15,19H,5,11-14,16H2,1-4H3. The fourth-order valence-electron chi connectivity index (χ4n) is 3.99. The van der Waals surface area contributed by atoms with E-state index in [1.807, 2.05) is 45.0 Å². The summed E-state index contributed by atoms with van der Waals surface area (Å²) in [4.78, 5) is 29.5. The number of nitrogens with zero attached hydrogens (tertiary/aromatic N) is 3. The summed E-state index contributed by atoms with van der Waals surface area (Å²) in [5.74, 6) is -0.552. The molecule has 0 radical (unpaired) electrons. The summed E-state index contributed by atoms with van der Waals surface area (Å²) in [6.07, 6.45) is -0.784. The van der Waals surface area contributed by atoms with Crippen LogP contribution in [-0.2, 0) is 22.6 Å². The summed E-state index contributed by atoms with van der Waals surface area (Å²) < 4.78 is 7.58. The lowest BCUT2D eigenvalue weighted by molar-refractivity contribution is -0.141. The topological polar surface area (TPSA) is 54.8 Å². The lowest BCUT2D eigenvalue weighted by atomic mass is 10.2. The van der Waals surface area contributed by atoms with Crippen molar-refractivity contribution in [1.29, 1.82) is 0 Å². The highest BCUT2D eigenvalue weighted by Gasteiger charge is 2.28. The minimum atomic E-state index is -0.784. The molecule has 6 nitrogen and oxygen atoms in total. The fraction of sp³-hybridized carbons (Fsp3) is 0.478. The Bertz CT molecular complexity index is 852. The zero-order chi connectivity index (χ0) is 21.0. The van der Waals surface area contributed by atoms with Gasteiger partial charge in [-0.15, -0.1) is 0 Å². The van der Waals surface area contributed by atoms with Crippen LogP contribution in [0.25, 0.3) is 0 Å². The number of carbonyl (C=O) groups is 2. The van der Waals surface area contributed by atoms with Crippen LogP contribution in [0.15, 0.2) is 36.4 Å². The van der Waals surface area contributed by atoms with Gasteiger partial charge in [0.15, 0.2) is 6.10 Å². The molecule has 1 aromatic heterocycles. The molecular formula is C23H31N3O3. The number of rotatable bonds is 6. The lowest BCUT2D eigenvalue weighted by Crippen LogP contribution is -2.51. The third-order valence-corrected chi connectivity index (χ3v) is 5.67. The van der Waals surface area contributed by atoms with Crippen LogP contribution < -0.4 is 0 Å². The number of hydrogen-bond donors (Lipinski definition) is 0. The number of aromatic nitrogens is 1. The Balaban J connectivity index is 1.52. The normalized spacial score (nSPS) is 15.9. The Labute approximate surface area is 173 Å². The molecule has 2 heterocycles. The second kappa shape index (κ2) is 9.27. The average Bonchev–Trinajstić information content (AvgIpc) is 3.02. The molecule has 1 aliphatic heterocycles. The molecular weight excluding hydrogens is 366 g/mol. The number of aryl methyl sites for hydroxylation is 1. The van der Waals surface area contributed by atoms with E-state index in [2.05, 4.69) is 21.6 Å². The van der Waals surface area contributed by atoms with E-state index >= 15 is 0 Å². The average molecular weight is 398 g/mol. The first-order valence-electron chi connectivity index (χ1n) is 10.3. The van der Waals surface area contributed by atoms with Gasteiger partial charge in [-0.3, -0.25) is 9.69 Å². The second-order valence-electron chi connectivity index (χ2n) is 7.66. The molecule has 156 valence electrons. The number of hydrogen-bond acceptors (Lipinski definition) is 4. The van der Waals surface area contributed by atoms with Crippen LogP contribution in [0.5, 0.6) is 0 Å². The first-order valence-corrected chi connectivity index (χ1v) is 10.3. The predicted molar refractivity (Wildman–Crippen MR) is 113 cm³/mol. The van der Waals surface area contributed by atoms with Crippen molar-refractivity contribution in [2.24, 2.45) is 0 Å². The largest absolute Gasteiger partial charge is 0.449 e. The molecule has 29 heavy (non-hydrogen) atoms. The molecule has 6 heteroatoms. The maximum absolute atomic E-state index is 12.8. The summed E-state index contributed by atoms with van der Waals surface area (Å²) in [5.41, 5.74) is 3.71. The Morgan fingerprint density at radius 1 is 1.07 bits per heavy atom. The number of amides is 1. The van der Waals surface area contributed by atoms with Gasteiger partial charge < -0.3 is 14.2 Å². The van der Waals surface area contributed by atoms with E-state index in [1.54, 1.807) is 11.8 Å². The number of piperazine rings is 1. The summed E-state index contributed by atoms with van der Waals surface area (Å²) in [6.45, 7) is 12.2. The molecule has 0 N–H and O–H groups in total. The van der Waals surface area contributed by atoms with Crippen molar-refractivity contribution < 1.29 is 14.3 Å². The maximum atomic E-state index is 12.8. The van der Waals surface area contributed by atoms with Gasteiger partial charge in [-0.05, 0) is 39.3 Å². The van der Waals surface area contributed by atoms with Crippen LogP contribution >= 0.6 is 0 Å². The summed E-state index contributed by atoms with van der Waals surface area (Å²) in [7, 11) is 0. The van der Waals surface area contributed by atoms with Gasteiger partial charge in [0.2, 0.25) is 0 Å². The summed E-state index contributed by atoms with van der Waals surface area (Å²) in [6, 6.07) is 12.2. The quantitative estimate of drug-likeness (QED) is 0.703. The van der Waals surface area contributed by atoms with Crippen LogP contribution in [0.3, 0.4) is 0 Å². The molecule has 3 rings (SSSR count). The van der Waals surface area contributed by atoms with Gasteiger partial charge in [0.1, 0.15) is 0 Å². The molecule has 1 aliphatic rings. The van der Waals surface area contributed by atoms with Crippen LogP contribution in [0.4, 0.5) is 0 Å². The SMILES string of the molecule is CCn1c(C)cc(C(=O)OC(C)C(=O)N2CCN(Cc3ccccc3)CC2)c1C. The second-order valence-corrected chi connectivity index (χ2v) is 7.66. The molecule has 1 amide bonds. The van der Waals surface area contributed by atoms with E-state index in [1.165, 1.54) is 5.56 Å². The zero-order valence-electron chi connectivity index (χ0n) is 17.9. The van der Waals surface area contributed by atoms with Crippen molar-refractivity contribution in [2.75, 3.05) is 26.2 Å². The van der Waals surface area contributed by atoms with Crippen molar-refractivity contribution in [2.45, 2.75) is 46.9 Å². The number of ether oxygens (including phenoxy) is 1. The van der Waals surface area contributed by atoms with Crippen LogP contribution in [0.2, 0.25) is 0 Å². The zero-order valence-corrected chi connectivity index (χ0v) is 17.9. The minimum absolute atomic E-state index is 0.123. The first kappa shape index (κ1) is 21.1. The molecule has 1 saturated heterocycles. The molecule has 0 bridgehead atoms. The highest BCUT2D eigenvalue weighted by atomic mass is 16.5. The van der Waals surface area contributed by atoms with Gasteiger partial charge >= 0.3 is 5.97 Å². The van der Waals surface area contributed by atoms with Gasteiger partial charge in [-0.2, -0.15) is 0 Å². The van der Waals surface area contributed by atoms with E-state index in [0.717, 1.165) is 37.6 Å². The molecule has 0 aliphatic carbocycles. The van der Waals surface area contributed by atoms with Gasteiger partial charge in [0.25, 0.3) is 5.91 Å². The molecule has 0 spiro atoms. The van der Waals surface area contributed by atoms with Gasteiger partial charge in [-0.1, -0.05) is 30.3 Å².